The van der Waals surface area contributed by atoms with Crippen molar-refractivity contribution in [2.45, 2.75) is 6.42 Å². The lowest BCUT2D eigenvalue weighted by molar-refractivity contribution is -0.124. The molecule has 2 N–H and O–H groups in total. The van der Waals surface area contributed by atoms with Crippen molar-refractivity contribution >= 4 is 37.9 Å². The molecule has 0 unspecified atom stereocenters. The average molecular weight is 391 g/mol. The first-order valence-corrected chi connectivity index (χ1v) is 9.03. The number of hydrazone groups is 1. The van der Waals surface area contributed by atoms with Crippen molar-refractivity contribution in [2.75, 3.05) is 18.6 Å². The largest absolute Gasteiger partial charge is 0.503 e. The number of methoxy groups -OCH3 is 1. The zero-order valence-corrected chi connectivity index (χ0v) is 14.1. The highest BCUT2D eigenvalue weighted by atomic mass is 79.9. The molecule has 1 atom stereocenters. The highest BCUT2D eigenvalue weighted by Crippen LogP contribution is 2.34. The molecule has 1 aromatic carbocycles. The van der Waals surface area contributed by atoms with E-state index in [-0.39, 0.29) is 23.0 Å². The minimum Gasteiger partial charge on any atom is -0.503 e. The number of phenols is 1. The Labute approximate surface area is 136 Å². The SMILES string of the molecule is COc1cc(/C=N/NC(=O)[C@H]2CCS(=O)(=O)C2)cc(Br)c1O. The number of benzene rings is 1. The fraction of sp³-hybridized carbons (Fsp3) is 0.385. The maximum Gasteiger partial charge on any atom is 0.244 e. The van der Waals surface area contributed by atoms with Crippen molar-refractivity contribution in [3.8, 4) is 11.5 Å². The molecule has 0 aromatic heterocycles. The van der Waals surface area contributed by atoms with Crippen LogP contribution in [0.2, 0.25) is 0 Å². The van der Waals surface area contributed by atoms with Crippen molar-refractivity contribution in [2.24, 2.45) is 11.0 Å². The van der Waals surface area contributed by atoms with Gasteiger partial charge < -0.3 is 9.84 Å². The molecular formula is C13H15BrN2O5S. The molecular weight excluding hydrogens is 376 g/mol. The molecule has 7 nitrogen and oxygen atoms in total. The molecule has 1 aromatic rings. The van der Waals surface area contributed by atoms with Crippen molar-refractivity contribution in [3.63, 3.8) is 0 Å². The van der Waals surface area contributed by atoms with Gasteiger partial charge in [0.05, 0.1) is 35.2 Å². The maximum absolute atomic E-state index is 11.8. The average Bonchev–Trinajstić information content (AvgIpc) is 2.82. The van der Waals surface area contributed by atoms with Gasteiger partial charge in [-0.3, -0.25) is 4.79 Å². The van der Waals surface area contributed by atoms with Crippen molar-refractivity contribution in [3.05, 3.63) is 22.2 Å². The number of ether oxygens (including phenoxy) is 1. The second-order valence-corrected chi connectivity index (χ2v) is 7.97. The molecule has 1 fully saturated rings. The van der Waals surface area contributed by atoms with Crippen molar-refractivity contribution in [1.29, 1.82) is 0 Å². The van der Waals surface area contributed by atoms with Gasteiger partial charge in [-0.05, 0) is 40.0 Å². The van der Waals surface area contributed by atoms with Crippen LogP contribution < -0.4 is 10.2 Å². The summed E-state index contributed by atoms with van der Waals surface area (Å²) in [5.41, 5.74) is 2.93. The van der Waals surface area contributed by atoms with Gasteiger partial charge in [0.25, 0.3) is 0 Å². The monoisotopic (exact) mass is 390 g/mol. The van der Waals surface area contributed by atoms with Gasteiger partial charge in [-0.25, -0.2) is 13.8 Å². The van der Waals surface area contributed by atoms with Crippen LogP contribution in [0, 0.1) is 5.92 Å². The second kappa shape index (κ2) is 6.66. The normalized spacial score (nSPS) is 20.2. The summed E-state index contributed by atoms with van der Waals surface area (Å²) in [6.07, 6.45) is 1.70. The molecule has 2 rings (SSSR count). The van der Waals surface area contributed by atoms with Crippen LogP contribution in [0.4, 0.5) is 0 Å². The van der Waals surface area contributed by atoms with E-state index >= 15 is 0 Å². The van der Waals surface area contributed by atoms with E-state index in [4.69, 9.17) is 4.74 Å². The summed E-state index contributed by atoms with van der Waals surface area (Å²) in [4.78, 5) is 11.8. The molecule has 0 spiro atoms. The fourth-order valence-corrected chi connectivity index (χ4v) is 4.29. The first kappa shape index (κ1) is 16.8. The summed E-state index contributed by atoms with van der Waals surface area (Å²) in [7, 11) is -1.68. The summed E-state index contributed by atoms with van der Waals surface area (Å²) in [5, 5.41) is 13.5. The van der Waals surface area contributed by atoms with Crippen LogP contribution in [-0.2, 0) is 14.6 Å². The number of hydrogen-bond acceptors (Lipinski definition) is 6. The predicted octanol–water partition coefficient (Wildman–Crippen LogP) is 1.05. The molecule has 1 saturated heterocycles. The standard InChI is InChI=1S/C13H15BrN2O5S/c1-21-11-5-8(4-10(14)12(11)17)6-15-16-13(18)9-2-3-22(19,20)7-9/h4-6,9,17H,2-3,7H2,1H3,(H,16,18)/b15-6+/t9-/m0/s1. The van der Waals surface area contributed by atoms with E-state index in [0.29, 0.717) is 16.5 Å². The van der Waals surface area contributed by atoms with E-state index in [2.05, 4.69) is 26.5 Å². The molecule has 0 radical (unpaired) electrons. The molecule has 120 valence electrons. The number of carbonyl (C=O) groups excluding carboxylic acids is 1. The Hall–Kier alpha value is -1.61. The number of carbonyl (C=O) groups is 1. The lowest BCUT2D eigenvalue weighted by atomic mass is 10.1. The zero-order valence-electron chi connectivity index (χ0n) is 11.7. The number of sulfone groups is 1. The lowest BCUT2D eigenvalue weighted by Crippen LogP contribution is -2.27. The Morgan fingerprint density at radius 2 is 2.27 bits per heavy atom. The van der Waals surface area contributed by atoms with Gasteiger partial charge in [-0.2, -0.15) is 5.10 Å². The Morgan fingerprint density at radius 3 is 2.86 bits per heavy atom. The molecule has 0 saturated carbocycles. The minimum atomic E-state index is -3.10. The maximum atomic E-state index is 11.8. The third kappa shape index (κ3) is 3.98. The Balaban J connectivity index is 2.01. The highest BCUT2D eigenvalue weighted by Gasteiger charge is 2.32. The molecule has 22 heavy (non-hydrogen) atoms. The van der Waals surface area contributed by atoms with Crippen LogP contribution in [0.25, 0.3) is 0 Å². The van der Waals surface area contributed by atoms with Crippen LogP contribution in [0.1, 0.15) is 12.0 Å². The van der Waals surface area contributed by atoms with Gasteiger partial charge in [0.15, 0.2) is 21.3 Å². The van der Waals surface area contributed by atoms with E-state index < -0.39 is 21.7 Å². The number of phenolic OH excluding ortho intramolecular Hbond substituents is 1. The summed E-state index contributed by atoms with van der Waals surface area (Å²) < 4.78 is 28.1. The van der Waals surface area contributed by atoms with Crippen LogP contribution in [-0.4, -0.2) is 44.3 Å². The van der Waals surface area contributed by atoms with E-state index in [1.165, 1.54) is 13.3 Å². The molecule has 1 heterocycles. The van der Waals surface area contributed by atoms with Gasteiger partial charge in [0.2, 0.25) is 5.91 Å². The number of nitrogens with zero attached hydrogens (tertiary/aromatic N) is 1. The Morgan fingerprint density at radius 1 is 1.55 bits per heavy atom. The first-order valence-electron chi connectivity index (χ1n) is 6.42. The van der Waals surface area contributed by atoms with Crippen LogP contribution in [0.15, 0.2) is 21.7 Å². The van der Waals surface area contributed by atoms with Crippen LogP contribution in [0.5, 0.6) is 11.5 Å². The van der Waals surface area contributed by atoms with E-state index in [1.54, 1.807) is 12.1 Å². The molecule has 1 amide bonds. The number of aromatic hydroxyl groups is 1. The Kier molecular flexibility index (Phi) is 5.07. The summed E-state index contributed by atoms with van der Waals surface area (Å²) in [6, 6.07) is 3.16. The van der Waals surface area contributed by atoms with Gasteiger partial charge in [0.1, 0.15) is 0 Å². The second-order valence-electron chi connectivity index (χ2n) is 4.89. The number of rotatable bonds is 4. The number of nitrogens with one attached hydrogen (secondary N) is 1. The molecule has 0 aliphatic carbocycles. The van der Waals surface area contributed by atoms with E-state index in [1.807, 2.05) is 0 Å². The lowest BCUT2D eigenvalue weighted by Gasteiger charge is -2.07. The predicted molar refractivity (Wildman–Crippen MR) is 84.9 cm³/mol. The van der Waals surface area contributed by atoms with Gasteiger partial charge >= 0.3 is 0 Å². The van der Waals surface area contributed by atoms with Gasteiger partial charge in [0, 0.05) is 0 Å². The first-order chi connectivity index (χ1) is 10.3. The molecule has 1 aliphatic rings. The quantitative estimate of drug-likeness (QED) is 0.590. The summed E-state index contributed by atoms with van der Waals surface area (Å²) in [5.74, 6) is -0.821. The summed E-state index contributed by atoms with van der Waals surface area (Å²) >= 11 is 3.18. The number of halogens is 1. The van der Waals surface area contributed by atoms with Gasteiger partial charge in [-0.1, -0.05) is 0 Å². The van der Waals surface area contributed by atoms with Crippen molar-refractivity contribution in [1.82, 2.24) is 5.43 Å². The fourth-order valence-electron chi connectivity index (χ4n) is 2.09. The Bertz CT molecular complexity index is 717. The van der Waals surface area contributed by atoms with Crippen LogP contribution >= 0.6 is 15.9 Å². The van der Waals surface area contributed by atoms with Crippen LogP contribution in [0.3, 0.4) is 0 Å². The molecule has 9 heteroatoms. The highest BCUT2D eigenvalue weighted by molar-refractivity contribution is 9.10. The van der Waals surface area contributed by atoms with Gasteiger partial charge in [-0.15, -0.1) is 0 Å². The number of amides is 1. The molecule has 0 bridgehead atoms. The minimum absolute atomic E-state index is 0.0279. The van der Waals surface area contributed by atoms with Crippen molar-refractivity contribution < 1.29 is 23.1 Å². The summed E-state index contributed by atoms with van der Waals surface area (Å²) in [6.45, 7) is 0. The van der Waals surface area contributed by atoms with E-state index in [0.717, 1.165) is 0 Å². The number of hydrogen-bond donors (Lipinski definition) is 2. The smallest absolute Gasteiger partial charge is 0.244 e. The van der Waals surface area contributed by atoms with E-state index in [9.17, 15) is 18.3 Å². The topological polar surface area (TPSA) is 105 Å². The zero-order chi connectivity index (χ0) is 16.3. The third-order valence-electron chi connectivity index (χ3n) is 3.26. The third-order valence-corrected chi connectivity index (χ3v) is 5.63. The molecule has 1 aliphatic heterocycles.